The van der Waals surface area contributed by atoms with Crippen LogP contribution in [0.1, 0.15) is 42.1 Å². The number of nitrogens with zero attached hydrogens (tertiary/aromatic N) is 2. The Balaban J connectivity index is 1.92. The molecule has 0 aliphatic carbocycles. The van der Waals surface area contributed by atoms with Crippen molar-refractivity contribution in [2.24, 2.45) is 5.92 Å². The lowest BCUT2D eigenvalue weighted by Crippen LogP contribution is -2.14. The average Bonchev–Trinajstić information content (AvgIpc) is 2.51. The van der Waals surface area contributed by atoms with Crippen LogP contribution in [0.4, 0.5) is 5.69 Å². The summed E-state index contributed by atoms with van der Waals surface area (Å²) in [5.41, 5.74) is 2.22. The first kappa shape index (κ1) is 19.1. The van der Waals surface area contributed by atoms with E-state index in [0.717, 1.165) is 10.7 Å². The summed E-state index contributed by atoms with van der Waals surface area (Å²) in [4.78, 5) is 32.6. The molecule has 0 bridgehead atoms. The SMILES string of the molecule is Cc1cc(SCC(=O)c2ccc(NC(=O)CC(C)C)cc2)nc(C)n1. The lowest BCUT2D eigenvalue weighted by atomic mass is 10.1. The number of hydrogen-bond donors (Lipinski definition) is 1. The van der Waals surface area contributed by atoms with Gasteiger partial charge in [0.1, 0.15) is 10.9 Å². The maximum absolute atomic E-state index is 12.3. The van der Waals surface area contributed by atoms with Crippen molar-refractivity contribution < 1.29 is 9.59 Å². The fraction of sp³-hybridized carbons (Fsp3) is 0.368. The Morgan fingerprint density at radius 1 is 1.12 bits per heavy atom. The Hall–Kier alpha value is -2.21. The molecule has 1 aromatic carbocycles. The standard InChI is InChI=1S/C19H23N3O2S/c1-12(2)9-18(24)22-16-7-5-15(6-8-16)17(23)11-25-19-10-13(3)20-14(4)21-19/h5-8,10,12H,9,11H2,1-4H3,(H,22,24). The number of aryl methyl sites for hydroxylation is 2. The Labute approximate surface area is 152 Å². The van der Waals surface area contributed by atoms with Gasteiger partial charge in [-0.3, -0.25) is 9.59 Å². The quantitative estimate of drug-likeness (QED) is 0.460. The van der Waals surface area contributed by atoms with E-state index in [1.165, 1.54) is 11.8 Å². The van der Waals surface area contributed by atoms with Crippen LogP contribution in [0.2, 0.25) is 0 Å². The molecule has 0 atom stereocenters. The number of benzene rings is 1. The van der Waals surface area contributed by atoms with Gasteiger partial charge >= 0.3 is 0 Å². The number of nitrogens with one attached hydrogen (secondary N) is 1. The Morgan fingerprint density at radius 2 is 1.80 bits per heavy atom. The van der Waals surface area contributed by atoms with Crippen LogP contribution in [0, 0.1) is 19.8 Å². The predicted octanol–water partition coefficient (Wildman–Crippen LogP) is 4.05. The second-order valence-electron chi connectivity index (χ2n) is 6.33. The third-order valence-electron chi connectivity index (χ3n) is 3.38. The van der Waals surface area contributed by atoms with Gasteiger partial charge in [0.05, 0.1) is 5.75 Å². The molecule has 1 heterocycles. The normalized spacial score (nSPS) is 10.8. The minimum Gasteiger partial charge on any atom is -0.326 e. The van der Waals surface area contributed by atoms with Gasteiger partial charge in [-0.15, -0.1) is 0 Å². The summed E-state index contributed by atoms with van der Waals surface area (Å²) < 4.78 is 0. The van der Waals surface area contributed by atoms with Crippen LogP contribution in [0.3, 0.4) is 0 Å². The van der Waals surface area contributed by atoms with Crippen molar-refractivity contribution >= 4 is 29.1 Å². The van der Waals surface area contributed by atoms with E-state index in [4.69, 9.17) is 0 Å². The van der Waals surface area contributed by atoms with Gasteiger partial charge in [-0.1, -0.05) is 25.6 Å². The monoisotopic (exact) mass is 357 g/mol. The van der Waals surface area contributed by atoms with Crippen LogP contribution in [0.15, 0.2) is 35.4 Å². The molecule has 0 fully saturated rings. The lowest BCUT2D eigenvalue weighted by molar-refractivity contribution is -0.116. The Bertz CT molecular complexity index is 738. The van der Waals surface area contributed by atoms with Crippen LogP contribution in [0.5, 0.6) is 0 Å². The van der Waals surface area contributed by atoms with Crippen LogP contribution in [0.25, 0.3) is 0 Å². The van der Waals surface area contributed by atoms with Crippen molar-refractivity contribution in [3.63, 3.8) is 0 Å². The summed E-state index contributed by atoms with van der Waals surface area (Å²) in [5.74, 6) is 1.34. The minimum atomic E-state index is -0.0147. The Kier molecular flexibility index (Phi) is 6.70. The maximum Gasteiger partial charge on any atom is 0.224 e. The first-order chi connectivity index (χ1) is 11.8. The fourth-order valence-corrected chi connectivity index (χ4v) is 3.20. The zero-order valence-corrected chi connectivity index (χ0v) is 15.8. The molecule has 1 N–H and O–H groups in total. The number of amides is 1. The van der Waals surface area contributed by atoms with E-state index in [1.807, 2.05) is 33.8 Å². The molecule has 2 rings (SSSR count). The summed E-state index contributed by atoms with van der Waals surface area (Å²) in [5, 5.41) is 3.64. The predicted molar refractivity (Wildman–Crippen MR) is 101 cm³/mol. The van der Waals surface area contributed by atoms with E-state index < -0.39 is 0 Å². The number of rotatable bonds is 7. The number of Topliss-reactive ketones (excluding diaryl/α,β-unsaturated/α-hetero) is 1. The van der Waals surface area contributed by atoms with Gasteiger partial charge in [-0.2, -0.15) is 0 Å². The van der Waals surface area contributed by atoms with E-state index in [0.29, 0.717) is 35.2 Å². The second kappa shape index (κ2) is 8.76. The number of thioether (sulfide) groups is 1. The third-order valence-corrected chi connectivity index (χ3v) is 4.29. The molecule has 0 saturated heterocycles. The van der Waals surface area contributed by atoms with Crippen molar-refractivity contribution in [1.82, 2.24) is 9.97 Å². The number of hydrogen-bond acceptors (Lipinski definition) is 5. The molecule has 0 spiro atoms. The number of carbonyl (C=O) groups is 2. The molecule has 2 aromatic rings. The Morgan fingerprint density at radius 3 is 2.40 bits per heavy atom. The molecule has 0 aliphatic heterocycles. The summed E-state index contributed by atoms with van der Waals surface area (Å²) in [6.45, 7) is 7.75. The van der Waals surface area contributed by atoms with E-state index in [2.05, 4.69) is 15.3 Å². The van der Waals surface area contributed by atoms with Crippen LogP contribution in [-0.4, -0.2) is 27.4 Å². The summed E-state index contributed by atoms with van der Waals surface area (Å²) in [7, 11) is 0. The zero-order valence-electron chi connectivity index (χ0n) is 15.0. The van der Waals surface area contributed by atoms with Gasteiger partial charge < -0.3 is 5.32 Å². The highest BCUT2D eigenvalue weighted by atomic mass is 32.2. The molecule has 1 amide bonds. The molecular formula is C19H23N3O2S. The summed E-state index contributed by atoms with van der Waals surface area (Å²) >= 11 is 1.40. The van der Waals surface area contributed by atoms with E-state index in [9.17, 15) is 9.59 Å². The van der Waals surface area contributed by atoms with Crippen molar-refractivity contribution in [1.29, 1.82) is 0 Å². The third kappa shape index (κ3) is 6.31. The van der Waals surface area contributed by atoms with Gasteiger partial charge in [0.15, 0.2) is 5.78 Å². The maximum atomic E-state index is 12.3. The van der Waals surface area contributed by atoms with Crippen molar-refractivity contribution in [3.8, 4) is 0 Å². The first-order valence-electron chi connectivity index (χ1n) is 8.21. The largest absolute Gasteiger partial charge is 0.326 e. The summed E-state index contributed by atoms with van der Waals surface area (Å²) in [6.07, 6.45) is 0.481. The van der Waals surface area contributed by atoms with Crippen LogP contribution in [-0.2, 0) is 4.79 Å². The molecule has 6 heteroatoms. The number of anilines is 1. The highest BCUT2D eigenvalue weighted by molar-refractivity contribution is 7.99. The van der Waals surface area contributed by atoms with Crippen molar-refractivity contribution in [3.05, 3.63) is 47.4 Å². The number of aromatic nitrogens is 2. The topological polar surface area (TPSA) is 72.0 Å². The van der Waals surface area contributed by atoms with Gasteiger partial charge in [0, 0.05) is 23.4 Å². The molecule has 1 aromatic heterocycles. The molecule has 0 aliphatic rings. The molecule has 0 saturated carbocycles. The van der Waals surface area contributed by atoms with E-state index >= 15 is 0 Å². The molecular weight excluding hydrogens is 334 g/mol. The second-order valence-corrected chi connectivity index (χ2v) is 7.33. The molecule has 25 heavy (non-hydrogen) atoms. The number of carbonyl (C=O) groups excluding carboxylic acids is 2. The molecule has 0 radical (unpaired) electrons. The average molecular weight is 357 g/mol. The van der Waals surface area contributed by atoms with Gasteiger partial charge in [-0.25, -0.2) is 9.97 Å². The fourth-order valence-electron chi connectivity index (χ4n) is 2.30. The molecule has 132 valence electrons. The number of ketones is 1. The molecule has 0 unspecified atom stereocenters. The van der Waals surface area contributed by atoms with Crippen LogP contribution >= 0.6 is 11.8 Å². The highest BCUT2D eigenvalue weighted by Crippen LogP contribution is 2.19. The smallest absolute Gasteiger partial charge is 0.224 e. The summed E-state index contributed by atoms with van der Waals surface area (Å²) in [6, 6.07) is 8.87. The van der Waals surface area contributed by atoms with Gasteiger partial charge in [0.25, 0.3) is 0 Å². The first-order valence-corrected chi connectivity index (χ1v) is 9.20. The molecule has 5 nitrogen and oxygen atoms in total. The lowest BCUT2D eigenvalue weighted by Gasteiger charge is -2.08. The van der Waals surface area contributed by atoms with Crippen molar-refractivity contribution in [2.45, 2.75) is 39.1 Å². The van der Waals surface area contributed by atoms with Crippen molar-refractivity contribution in [2.75, 3.05) is 11.1 Å². The zero-order chi connectivity index (χ0) is 18.4. The highest BCUT2D eigenvalue weighted by Gasteiger charge is 2.10. The van der Waals surface area contributed by atoms with Crippen LogP contribution < -0.4 is 5.32 Å². The van der Waals surface area contributed by atoms with Gasteiger partial charge in [-0.05, 0) is 50.1 Å². The minimum absolute atomic E-state index is 0.0147. The van der Waals surface area contributed by atoms with E-state index in [-0.39, 0.29) is 11.7 Å². The van der Waals surface area contributed by atoms with E-state index in [1.54, 1.807) is 24.3 Å². The van der Waals surface area contributed by atoms with Gasteiger partial charge in [0.2, 0.25) is 5.91 Å².